The van der Waals surface area contributed by atoms with Gasteiger partial charge in [-0.05, 0) is 24.4 Å². The molecule has 0 amide bonds. The molecule has 8 unspecified atom stereocenters. The van der Waals surface area contributed by atoms with Gasteiger partial charge >= 0.3 is 0 Å². The third-order valence-electron chi connectivity index (χ3n) is 7.12. The summed E-state index contributed by atoms with van der Waals surface area (Å²) < 4.78 is 33.1. The molecule has 8 atom stereocenters. The van der Waals surface area contributed by atoms with Crippen molar-refractivity contribution in [2.45, 2.75) is 55.6 Å². The van der Waals surface area contributed by atoms with Crippen molar-refractivity contribution in [3.05, 3.63) is 40.2 Å². The number of fused-ring (bicyclic) bond motifs is 2. The second kappa shape index (κ2) is 10.7. The number of phenolic OH excluding ortho intramolecular Hbond substituents is 1. The summed E-state index contributed by atoms with van der Waals surface area (Å²) in [5.74, 6) is 0.0921. The zero-order valence-corrected chi connectivity index (χ0v) is 21.5. The quantitative estimate of drug-likeness (QED) is 0.164. The van der Waals surface area contributed by atoms with Gasteiger partial charge in [-0.1, -0.05) is 0 Å². The zero-order chi connectivity index (χ0) is 28.9. The van der Waals surface area contributed by atoms with Crippen molar-refractivity contribution in [2.75, 3.05) is 26.9 Å². The van der Waals surface area contributed by atoms with Crippen LogP contribution in [0.5, 0.6) is 17.2 Å². The minimum atomic E-state index is -1.94. The van der Waals surface area contributed by atoms with Crippen LogP contribution in [0.3, 0.4) is 0 Å². The molecule has 0 saturated carbocycles. The summed E-state index contributed by atoms with van der Waals surface area (Å²) in [7, 11) is 1.40. The Kier molecular flexibility index (Phi) is 7.64. The third-order valence-corrected chi connectivity index (χ3v) is 7.12. The summed E-state index contributed by atoms with van der Waals surface area (Å²) in [4.78, 5) is 12.6. The van der Waals surface area contributed by atoms with Crippen molar-refractivity contribution in [3.8, 4) is 17.2 Å². The fourth-order valence-corrected chi connectivity index (χ4v) is 4.82. The molecule has 218 valence electrons. The van der Waals surface area contributed by atoms with Crippen LogP contribution in [0.1, 0.15) is 5.76 Å². The molecule has 40 heavy (non-hydrogen) atoms. The molecule has 0 radical (unpaired) electrons. The first-order valence-corrected chi connectivity index (χ1v) is 12.4. The van der Waals surface area contributed by atoms with Crippen molar-refractivity contribution >= 4 is 21.7 Å². The molecule has 2 aromatic carbocycles. The Morgan fingerprint density at radius 1 is 1.02 bits per heavy atom. The highest BCUT2D eigenvalue weighted by Gasteiger charge is 2.50. The maximum absolute atomic E-state index is 12.6. The van der Waals surface area contributed by atoms with Crippen LogP contribution in [0.4, 0.5) is 0 Å². The van der Waals surface area contributed by atoms with E-state index in [1.807, 2.05) is 0 Å². The summed E-state index contributed by atoms with van der Waals surface area (Å²) in [6.45, 7) is -0.0789. The zero-order valence-electron chi connectivity index (χ0n) is 21.5. The average molecular weight is 567 g/mol. The molecule has 2 fully saturated rings. The Morgan fingerprint density at radius 3 is 2.45 bits per heavy atom. The van der Waals surface area contributed by atoms with E-state index < -0.39 is 79.7 Å². The molecule has 0 spiro atoms. The lowest BCUT2D eigenvalue weighted by molar-refractivity contribution is -0.289. The number of hydrogen-bond donors (Lipinski definition) is 7. The largest absolute Gasteiger partial charge is 0.506 e. The molecule has 2 saturated heterocycles. The number of methoxy groups -OCH3 is 1. The topological polar surface area (TPSA) is 218 Å². The van der Waals surface area contributed by atoms with Crippen LogP contribution in [-0.2, 0) is 14.2 Å². The highest BCUT2D eigenvalue weighted by molar-refractivity contribution is 6.06. The molecule has 0 aliphatic carbocycles. The number of phenols is 1. The average Bonchev–Trinajstić information content (AvgIpc) is 3.21. The van der Waals surface area contributed by atoms with Gasteiger partial charge in [0.05, 0.1) is 32.3 Å². The van der Waals surface area contributed by atoms with Crippen LogP contribution in [0, 0.1) is 6.92 Å². The smallest absolute Gasteiger partial charge is 0.229 e. The fourth-order valence-electron chi connectivity index (χ4n) is 4.82. The monoisotopic (exact) mass is 566 g/mol. The molecule has 14 nitrogen and oxygen atoms in total. The van der Waals surface area contributed by atoms with Crippen LogP contribution >= 0.6 is 0 Å². The lowest BCUT2D eigenvalue weighted by atomic mass is 9.99. The van der Waals surface area contributed by atoms with Gasteiger partial charge in [0.2, 0.25) is 6.29 Å². The molecule has 2 aliphatic heterocycles. The van der Waals surface area contributed by atoms with Crippen molar-refractivity contribution in [1.29, 1.82) is 0 Å². The van der Waals surface area contributed by atoms with E-state index >= 15 is 0 Å². The lowest BCUT2D eigenvalue weighted by Gasteiger charge is -2.40. The highest BCUT2D eigenvalue weighted by atomic mass is 16.7. The number of hydrogen-bond acceptors (Lipinski definition) is 14. The molecule has 14 heteroatoms. The van der Waals surface area contributed by atoms with Gasteiger partial charge in [0, 0.05) is 12.1 Å². The Bertz CT molecular complexity index is 1460. The van der Waals surface area contributed by atoms with E-state index in [9.17, 15) is 40.5 Å². The molecule has 7 N–H and O–H groups in total. The Balaban J connectivity index is 1.45. The SMILES string of the molecule is COc1cc(OC2OC(COC3OCC(O)(CO)C3O)C(O)C(O)C2O)c2c(O)c3c(=O)cc(C)oc3cc2c1. The number of aliphatic hydroxyl groups excluding tert-OH is 5. The predicted molar refractivity (Wildman–Crippen MR) is 134 cm³/mol. The second-order valence-corrected chi connectivity index (χ2v) is 9.90. The molecule has 3 heterocycles. The molecule has 3 aromatic rings. The van der Waals surface area contributed by atoms with Gasteiger partial charge in [-0.2, -0.15) is 0 Å². The minimum absolute atomic E-state index is 0.0689. The predicted octanol–water partition coefficient (Wildman–Crippen LogP) is -1.39. The summed E-state index contributed by atoms with van der Waals surface area (Å²) in [6.07, 6.45) is -11.1. The van der Waals surface area contributed by atoms with Crippen molar-refractivity contribution < 1.29 is 63.8 Å². The van der Waals surface area contributed by atoms with Gasteiger partial charge < -0.3 is 63.8 Å². The van der Waals surface area contributed by atoms with E-state index in [-0.39, 0.29) is 27.9 Å². The van der Waals surface area contributed by atoms with E-state index in [0.29, 0.717) is 11.1 Å². The number of rotatable bonds is 7. The van der Waals surface area contributed by atoms with E-state index in [1.54, 1.807) is 13.0 Å². The molecular weight excluding hydrogens is 536 g/mol. The van der Waals surface area contributed by atoms with Gasteiger partial charge in [0.25, 0.3) is 0 Å². The maximum Gasteiger partial charge on any atom is 0.229 e. The van der Waals surface area contributed by atoms with E-state index in [0.717, 1.165) is 0 Å². The third kappa shape index (κ3) is 4.87. The normalized spacial score (nSPS) is 32.5. The second-order valence-electron chi connectivity index (χ2n) is 9.90. The summed E-state index contributed by atoms with van der Waals surface area (Å²) in [5, 5.41) is 72.7. The van der Waals surface area contributed by atoms with Gasteiger partial charge in [0.1, 0.15) is 70.1 Å². The van der Waals surface area contributed by atoms with Crippen LogP contribution in [0.2, 0.25) is 0 Å². The van der Waals surface area contributed by atoms with Crippen LogP contribution in [0.15, 0.2) is 33.5 Å². The molecular formula is C26H30O14. The van der Waals surface area contributed by atoms with Gasteiger partial charge in [0.15, 0.2) is 11.7 Å². The van der Waals surface area contributed by atoms with Crippen molar-refractivity contribution in [2.24, 2.45) is 0 Å². The van der Waals surface area contributed by atoms with E-state index in [1.165, 1.54) is 25.3 Å². The molecule has 0 bridgehead atoms. The fraction of sp³-hybridized carbons (Fsp3) is 0.500. The van der Waals surface area contributed by atoms with Crippen LogP contribution in [-0.4, -0.2) is 111 Å². The number of aryl methyl sites for hydroxylation is 1. The highest BCUT2D eigenvalue weighted by Crippen LogP contribution is 2.42. The van der Waals surface area contributed by atoms with E-state index in [4.69, 9.17) is 28.1 Å². The first kappa shape index (κ1) is 28.5. The molecule has 1 aromatic heterocycles. The van der Waals surface area contributed by atoms with Crippen molar-refractivity contribution in [1.82, 2.24) is 0 Å². The number of aromatic hydroxyl groups is 1. The summed E-state index contributed by atoms with van der Waals surface area (Å²) in [6, 6.07) is 5.68. The standard InChI is InChI=1S/C26H30O14/c1-10-3-13(28)18-14(38-10)5-11-4-12(35-2)6-15(17(11)20(18)30)39-24-22(32)21(31)19(29)16(40-24)7-36-25-23(33)26(34,8-27)9-37-25/h3-6,16,19,21-25,27,29-34H,7-9H2,1-2H3. The molecule has 5 rings (SSSR count). The maximum atomic E-state index is 12.6. The first-order chi connectivity index (χ1) is 19.0. The summed E-state index contributed by atoms with van der Waals surface area (Å²) >= 11 is 0. The number of aliphatic hydroxyl groups is 6. The van der Waals surface area contributed by atoms with Crippen LogP contribution in [0.25, 0.3) is 21.7 Å². The Morgan fingerprint density at radius 2 is 1.77 bits per heavy atom. The van der Waals surface area contributed by atoms with Gasteiger partial charge in [-0.25, -0.2) is 0 Å². The van der Waals surface area contributed by atoms with Crippen molar-refractivity contribution in [3.63, 3.8) is 0 Å². The van der Waals surface area contributed by atoms with Gasteiger partial charge in [-0.15, -0.1) is 0 Å². The Hall–Kier alpha value is -3.05. The molecule has 2 aliphatic rings. The van der Waals surface area contributed by atoms with Crippen LogP contribution < -0.4 is 14.9 Å². The Labute approximate surface area is 226 Å². The lowest BCUT2D eigenvalue weighted by Crippen LogP contribution is -2.60. The summed E-state index contributed by atoms with van der Waals surface area (Å²) in [5.41, 5.74) is -2.30. The van der Waals surface area contributed by atoms with Gasteiger partial charge in [-0.3, -0.25) is 4.79 Å². The number of benzene rings is 2. The van der Waals surface area contributed by atoms with E-state index in [2.05, 4.69) is 0 Å². The minimum Gasteiger partial charge on any atom is -0.506 e. The first-order valence-electron chi connectivity index (χ1n) is 12.4. The number of ether oxygens (including phenoxy) is 5.